The number of fused-ring (bicyclic) bond motifs is 1. The van der Waals surface area contributed by atoms with E-state index >= 15 is 0 Å². The van der Waals surface area contributed by atoms with Gasteiger partial charge in [0.1, 0.15) is 5.52 Å². The van der Waals surface area contributed by atoms with Gasteiger partial charge in [0.15, 0.2) is 5.58 Å². The third-order valence-electron chi connectivity index (χ3n) is 3.08. The number of aliphatic carboxylic acids is 1. The number of carboxylic acid groups (broad SMARTS) is 1. The maximum atomic E-state index is 11.3. The van der Waals surface area contributed by atoms with E-state index in [2.05, 4.69) is 4.98 Å². The van der Waals surface area contributed by atoms with Crippen LogP contribution in [0.1, 0.15) is 22.4 Å². The molecule has 106 valence electrons. The number of benzene rings is 2. The molecule has 0 saturated carbocycles. The Labute approximate surface area is 130 Å². The van der Waals surface area contributed by atoms with Gasteiger partial charge < -0.3 is 9.52 Å². The molecule has 0 radical (unpaired) electrons. The average Bonchev–Trinajstić information content (AvgIpc) is 2.89. The molecule has 0 aliphatic rings. The first-order valence-electron chi connectivity index (χ1n) is 7.65. The van der Waals surface area contributed by atoms with Gasteiger partial charge >= 0.3 is 5.97 Å². The molecule has 0 amide bonds. The van der Waals surface area contributed by atoms with Crippen LogP contribution < -0.4 is 0 Å². The van der Waals surface area contributed by atoms with Crippen molar-refractivity contribution in [1.29, 1.82) is 0 Å². The lowest BCUT2D eigenvalue weighted by atomic mass is 10.1. The van der Waals surface area contributed by atoms with E-state index in [-0.39, 0.29) is 5.56 Å². The quantitative estimate of drug-likeness (QED) is 0.731. The molecule has 4 nitrogen and oxygen atoms in total. The lowest BCUT2D eigenvalue weighted by Crippen LogP contribution is -2.06. The second-order valence-electron chi connectivity index (χ2n) is 4.52. The Hall–Kier alpha value is -2.33. The highest BCUT2D eigenvalue weighted by Crippen LogP contribution is 2.27. The van der Waals surface area contributed by atoms with Crippen molar-refractivity contribution in [2.24, 2.45) is 0 Å². The van der Waals surface area contributed by atoms with E-state index in [1.165, 1.54) is 18.2 Å². The number of hydrogen-bond acceptors (Lipinski definition) is 3. The molecule has 0 saturated heterocycles. The van der Waals surface area contributed by atoms with Gasteiger partial charge in [-0.15, -0.1) is 0 Å². The highest BCUT2D eigenvalue weighted by molar-refractivity contribution is 6.30. The molecule has 0 aliphatic heterocycles. The minimum absolute atomic E-state index is 0.158. The molecule has 5 heteroatoms. The Kier molecular flexibility index (Phi) is 2.59. The zero-order valence-corrected chi connectivity index (χ0v) is 11.5. The summed E-state index contributed by atoms with van der Waals surface area (Å²) < 4.78 is 27.9. The van der Waals surface area contributed by atoms with Crippen molar-refractivity contribution in [3.63, 3.8) is 0 Å². The molecule has 1 unspecified atom stereocenters. The van der Waals surface area contributed by atoms with Gasteiger partial charge in [0.25, 0.3) is 0 Å². The summed E-state index contributed by atoms with van der Waals surface area (Å²) in [5.41, 5.74) is 1.71. The largest absolute Gasteiger partial charge is 0.481 e. The van der Waals surface area contributed by atoms with Gasteiger partial charge in [-0.1, -0.05) is 17.7 Å². The number of carboxylic acids is 1. The monoisotopic (exact) mass is 305 g/mol. The fourth-order valence-corrected chi connectivity index (χ4v) is 2.11. The molecule has 3 aromatic rings. The van der Waals surface area contributed by atoms with Crippen LogP contribution >= 0.6 is 11.6 Å². The number of hydrogen-bond donors (Lipinski definition) is 1. The molecular formula is C16H12ClNO3. The van der Waals surface area contributed by atoms with Crippen LogP contribution in [0.4, 0.5) is 0 Å². The Morgan fingerprint density at radius 1 is 1.33 bits per heavy atom. The average molecular weight is 306 g/mol. The third kappa shape index (κ3) is 2.62. The van der Waals surface area contributed by atoms with E-state index in [4.69, 9.17) is 20.1 Å². The predicted molar refractivity (Wildman–Crippen MR) is 80.5 cm³/mol. The van der Waals surface area contributed by atoms with E-state index in [9.17, 15) is 9.90 Å². The number of aromatic nitrogens is 1. The summed E-state index contributed by atoms with van der Waals surface area (Å²) in [7, 11) is 0. The molecule has 0 fully saturated rings. The fraction of sp³-hybridized carbons (Fsp3) is 0.125. The summed E-state index contributed by atoms with van der Waals surface area (Å²) in [5, 5.41) is 9.81. The smallest absolute Gasteiger partial charge is 0.310 e. The van der Waals surface area contributed by atoms with Crippen LogP contribution in [0.15, 0.2) is 46.9 Å². The topological polar surface area (TPSA) is 63.3 Å². The number of rotatable bonds is 3. The Morgan fingerprint density at radius 3 is 2.76 bits per heavy atom. The lowest BCUT2D eigenvalue weighted by molar-refractivity contribution is -0.138. The first kappa shape index (κ1) is 10.4. The summed E-state index contributed by atoms with van der Waals surface area (Å²) >= 11 is 5.85. The van der Waals surface area contributed by atoms with Crippen molar-refractivity contribution in [1.82, 2.24) is 4.98 Å². The van der Waals surface area contributed by atoms with Crippen LogP contribution in [0.5, 0.6) is 0 Å². The molecule has 1 aromatic heterocycles. The second-order valence-corrected chi connectivity index (χ2v) is 4.96. The van der Waals surface area contributed by atoms with Gasteiger partial charge in [-0.05, 0) is 48.8 Å². The molecule has 1 N–H and O–H groups in total. The third-order valence-corrected chi connectivity index (χ3v) is 3.34. The van der Waals surface area contributed by atoms with Crippen molar-refractivity contribution < 1.29 is 18.4 Å². The first-order valence-corrected chi connectivity index (χ1v) is 6.53. The van der Waals surface area contributed by atoms with Gasteiger partial charge in [0.05, 0.1) is 5.92 Å². The second kappa shape index (κ2) is 5.22. The fourth-order valence-electron chi connectivity index (χ4n) is 1.98. The van der Waals surface area contributed by atoms with Gasteiger partial charge in [0, 0.05) is 14.7 Å². The highest BCUT2D eigenvalue weighted by Gasteiger charge is 2.16. The zero-order valence-electron chi connectivity index (χ0n) is 13.7. The molecule has 1 atom stereocenters. The van der Waals surface area contributed by atoms with Gasteiger partial charge in [-0.25, -0.2) is 4.98 Å². The summed E-state index contributed by atoms with van der Waals surface area (Å²) in [6.45, 7) is -2.65. The van der Waals surface area contributed by atoms with Gasteiger partial charge in [-0.2, -0.15) is 0 Å². The Bertz CT molecular complexity index is 903. The van der Waals surface area contributed by atoms with E-state index < -0.39 is 18.7 Å². The molecule has 0 aliphatic carbocycles. The minimum atomic E-state index is -2.65. The number of oxazole rings is 1. The van der Waals surface area contributed by atoms with E-state index in [0.717, 1.165) is 0 Å². The predicted octanol–water partition coefficient (Wildman–Crippen LogP) is 4.34. The van der Waals surface area contributed by atoms with Crippen LogP contribution in [0, 0.1) is 0 Å². The summed E-state index contributed by atoms with van der Waals surface area (Å²) in [5.74, 6) is -2.67. The van der Waals surface area contributed by atoms with E-state index in [1.807, 2.05) is 0 Å². The van der Waals surface area contributed by atoms with Gasteiger partial charge in [0.2, 0.25) is 5.89 Å². The normalized spacial score (nSPS) is 15.2. The maximum Gasteiger partial charge on any atom is 0.310 e. The van der Waals surface area contributed by atoms with Crippen LogP contribution in [-0.4, -0.2) is 16.1 Å². The summed E-state index contributed by atoms with van der Waals surface area (Å²) in [6, 6.07) is 11.3. The van der Waals surface area contributed by atoms with Crippen LogP contribution in [0.3, 0.4) is 0 Å². The minimum Gasteiger partial charge on any atom is -0.481 e. The highest BCUT2D eigenvalue weighted by atomic mass is 35.5. The maximum absolute atomic E-state index is 11.3. The van der Waals surface area contributed by atoms with Crippen molar-refractivity contribution in [2.75, 3.05) is 0 Å². The first-order chi connectivity index (χ1) is 11.3. The van der Waals surface area contributed by atoms with Crippen molar-refractivity contribution in [2.45, 2.75) is 12.8 Å². The lowest BCUT2D eigenvalue weighted by Gasteiger charge is -2.04. The number of halogens is 1. The van der Waals surface area contributed by atoms with Crippen LogP contribution in [0.2, 0.25) is 5.02 Å². The van der Waals surface area contributed by atoms with Crippen molar-refractivity contribution in [3.8, 4) is 11.5 Å². The molecule has 1 heterocycles. The summed E-state index contributed by atoms with van der Waals surface area (Å²) in [6.07, 6.45) is 0. The number of carbonyl (C=O) groups is 1. The number of nitrogens with zero attached hydrogens (tertiary/aromatic N) is 1. The van der Waals surface area contributed by atoms with E-state index in [1.54, 1.807) is 24.3 Å². The Morgan fingerprint density at radius 2 is 2.10 bits per heavy atom. The Balaban J connectivity index is 2.06. The standard InChI is InChI=1S/C16H12ClNO3/c1-9(16(19)20)11-4-7-14-13(8-11)18-15(21-14)10-2-5-12(17)6-3-10/h2-9H,1H3,(H,19,20)/i1+1D3. The molecule has 0 bridgehead atoms. The van der Waals surface area contributed by atoms with Crippen molar-refractivity contribution >= 4 is 28.7 Å². The molecule has 21 heavy (non-hydrogen) atoms. The van der Waals surface area contributed by atoms with Crippen LogP contribution in [0.25, 0.3) is 22.6 Å². The molecule has 3 rings (SSSR count). The van der Waals surface area contributed by atoms with Gasteiger partial charge in [-0.3, -0.25) is 4.79 Å². The van der Waals surface area contributed by atoms with Crippen molar-refractivity contribution in [3.05, 3.63) is 53.1 Å². The SMILES string of the molecule is [2H][13C]([2H])([2H])C(C(=O)O)c1ccc2oc(-c3ccc(Cl)cc3)nc2c1. The molecular weight excluding hydrogens is 291 g/mol. The van der Waals surface area contributed by atoms with E-state index in [0.29, 0.717) is 27.6 Å². The molecule has 2 aromatic carbocycles. The molecule has 0 spiro atoms. The van der Waals surface area contributed by atoms with Crippen LogP contribution in [-0.2, 0) is 4.79 Å². The zero-order chi connectivity index (χ0) is 17.5. The summed E-state index contributed by atoms with van der Waals surface area (Å²) in [4.78, 5) is 15.6.